The normalized spacial score (nSPS) is 12.8. The van der Waals surface area contributed by atoms with Crippen LogP contribution in [-0.4, -0.2) is 22.2 Å². The van der Waals surface area contributed by atoms with Gasteiger partial charge in [0.1, 0.15) is 0 Å². The molecule has 2 unspecified atom stereocenters. The summed E-state index contributed by atoms with van der Waals surface area (Å²) in [6, 6.07) is 0. The molecular formula is C20H40O4. The lowest BCUT2D eigenvalue weighted by molar-refractivity contribution is -0.138. The third-order valence-corrected chi connectivity index (χ3v) is 4.57. The Morgan fingerprint density at radius 1 is 0.667 bits per heavy atom. The van der Waals surface area contributed by atoms with Gasteiger partial charge in [-0.15, -0.1) is 0 Å². The van der Waals surface area contributed by atoms with Gasteiger partial charge >= 0.3 is 11.9 Å². The van der Waals surface area contributed by atoms with E-state index in [0.717, 1.165) is 37.5 Å². The Bertz CT molecular complexity index is 272. The second-order valence-corrected chi connectivity index (χ2v) is 7.01. The standard InChI is InChI=1S/2C10H20O2/c2*1-3-9(2)7-5-4-6-8-10(11)12/h2*9H,3-8H2,1-2H3,(H,11,12). The van der Waals surface area contributed by atoms with Crippen molar-refractivity contribution in [2.75, 3.05) is 0 Å². The number of rotatable bonds is 14. The maximum absolute atomic E-state index is 10.2. The van der Waals surface area contributed by atoms with Crippen LogP contribution in [0.15, 0.2) is 0 Å². The molecule has 0 aliphatic heterocycles. The number of aliphatic carboxylic acids is 2. The summed E-state index contributed by atoms with van der Waals surface area (Å²) < 4.78 is 0. The van der Waals surface area contributed by atoms with Crippen LogP contribution >= 0.6 is 0 Å². The number of hydrogen-bond acceptors (Lipinski definition) is 2. The van der Waals surface area contributed by atoms with Gasteiger partial charge in [0.05, 0.1) is 0 Å². The molecular weight excluding hydrogens is 304 g/mol. The lowest BCUT2D eigenvalue weighted by atomic mass is 10.0. The summed E-state index contributed by atoms with van der Waals surface area (Å²) in [6.07, 6.45) is 11.8. The van der Waals surface area contributed by atoms with E-state index in [1.807, 2.05) is 0 Å². The van der Waals surface area contributed by atoms with Gasteiger partial charge in [-0.2, -0.15) is 0 Å². The summed E-state index contributed by atoms with van der Waals surface area (Å²) in [7, 11) is 0. The molecule has 0 fully saturated rings. The molecule has 4 nitrogen and oxygen atoms in total. The first-order valence-electron chi connectivity index (χ1n) is 9.76. The molecule has 0 saturated carbocycles. The van der Waals surface area contributed by atoms with Crippen molar-refractivity contribution >= 4 is 11.9 Å². The topological polar surface area (TPSA) is 74.6 Å². The van der Waals surface area contributed by atoms with E-state index in [0.29, 0.717) is 12.8 Å². The smallest absolute Gasteiger partial charge is 0.303 e. The zero-order valence-electron chi connectivity index (χ0n) is 16.4. The Morgan fingerprint density at radius 2 is 1.00 bits per heavy atom. The van der Waals surface area contributed by atoms with E-state index in [1.165, 1.54) is 38.5 Å². The molecule has 4 heteroatoms. The Hall–Kier alpha value is -1.06. The van der Waals surface area contributed by atoms with Gasteiger partial charge in [-0.3, -0.25) is 9.59 Å². The van der Waals surface area contributed by atoms with Crippen molar-refractivity contribution in [1.29, 1.82) is 0 Å². The van der Waals surface area contributed by atoms with Crippen LogP contribution in [-0.2, 0) is 9.59 Å². The van der Waals surface area contributed by atoms with Crippen LogP contribution in [0.25, 0.3) is 0 Å². The molecule has 0 aromatic heterocycles. The summed E-state index contributed by atoms with van der Waals surface area (Å²) >= 11 is 0. The highest BCUT2D eigenvalue weighted by Gasteiger charge is 2.00. The predicted molar refractivity (Wildman–Crippen MR) is 100 cm³/mol. The third-order valence-electron chi connectivity index (χ3n) is 4.57. The average molecular weight is 345 g/mol. The Labute approximate surface area is 149 Å². The molecule has 0 aliphatic carbocycles. The maximum Gasteiger partial charge on any atom is 0.303 e. The molecule has 144 valence electrons. The Morgan fingerprint density at radius 3 is 1.25 bits per heavy atom. The lowest BCUT2D eigenvalue weighted by Gasteiger charge is -2.06. The zero-order valence-corrected chi connectivity index (χ0v) is 16.4. The van der Waals surface area contributed by atoms with E-state index in [9.17, 15) is 9.59 Å². The van der Waals surface area contributed by atoms with E-state index in [2.05, 4.69) is 27.7 Å². The second-order valence-electron chi connectivity index (χ2n) is 7.01. The van der Waals surface area contributed by atoms with Gasteiger partial charge in [0, 0.05) is 12.8 Å². The van der Waals surface area contributed by atoms with Crippen molar-refractivity contribution in [1.82, 2.24) is 0 Å². The largest absolute Gasteiger partial charge is 0.481 e. The van der Waals surface area contributed by atoms with Crippen molar-refractivity contribution < 1.29 is 19.8 Å². The number of hydrogen-bond donors (Lipinski definition) is 2. The van der Waals surface area contributed by atoms with Crippen LogP contribution in [0, 0.1) is 11.8 Å². The van der Waals surface area contributed by atoms with E-state index in [4.69, 9.17) is 10.2 Å². The first-order chi connectivity index (χ1) is 11.3. The number of unbranched alkanes of at least 4 members (excludes halogenated alkanes) is 4. The molecule has 0 bridgehead atoms. The van der Waals surface area contributed by atoms with Gasteiger partial charge in [0.2, 0.25) is 0 Å². The summed E-state index contributed by atoms with van der Waals surface area (Å²) in [5, 5.41) is 16.7. The molecule has 2 atom stereocenters. The van der Waals surface area contributed by atoms with Crippen molar-refractivity contribution in [3.8, 4) is 0 Å². The van der Waals surface area contributed by atoms with Crippen molar-refractivity contribution in [3.05, 3.63) is 0 Å². The third kappa shape index (κ3) is 23.2. The summed E-state index contributed by atoms with van der Waals surface area (Å²) in [4.78, 5) is 20.3. The summed E-state index contributed by atoms with van der Waals surface area (Å²) in [6.45, 7) is 8.89. The zero-order chi connectivity index (χ0) is 18.8. The van der Waals surface area contributed by atoms with Gasteiger partial charge in [-0.05, 0) is 24.7 Å². The van der Waals surface area contributed by atoms with Crippen LogP contribution in [0.5, 0.6) is 0 Å². The number of carboxylic acid groups (broad SMARTS) is 2. The maximum atomic E-state index is 10.2. The second kappa shape index (κ2) is 18.3. The van der Waals surface area contributed by atoms with E-state index in [1.54, 1.807) is 0 Å². The molecule has 0 aromatic carbocycles. The molecule has 0 heterocycles. The predicted octanol–water partition coefficient (Wildman–Crippen LogP) is 6.14. The van der Waals surface area contributed by atoms with Gasteiger partial charge in [-0.25, -0.2) is 0 Å². The average Bonchev–Trinajstić information content (AvgIpc) is 2.53. The Kier molecular flexibility index (Phi) is 19.2. The minimum atomic E-state index is -0.668. The fourth-order valence-electron chi connectivity index (χ4n) is 2.30. The highest BCUT2D eigenvalue weighted by atomic mass is 16.4. The van der Waals surface area contributed by atoms with Crippen LogP contribution in [0.2, 0.25) is 0 Å². The van der Waals surface area contributed by atoms with Gasteiger partial charge < -0.3 is 10.2 Å². The van der Waals surface area contributed by atoms with Crippen molar-refractivity contribution in [2.24, 2.45) is 11.8 Å². The minimum absolute atomic E-state index is 0.334. The fourth-order valence-corrected chi connectivity index (χ4v) is 2.30. The first-order valence-corrected chi connectivity index (χ1v) is 9.76. The van der Waals surface area contributed by atoms with Crippen molar-refractivity contribution in [2.45, 2.75) is 105 Å². The fraction of sp³-hybridized carbons (Fsp3) is 0.900. The Balaban J connectivity index is 0. The SMILES string of the molecule is CCC(C)CCCCCC(=O)O.CCC(C)CCCCCC(=O)O. The van der Waals surface area contributed by atoms with E-state index in [-0.39, 0.29) is 0 Å². The molecule has 0 radical (unpaired) electrons. The highest BCUT2D eigenvalue weighted by molar-refractivity contribution is 5.66. The van der Waals surface area contributed by atoms with Gasteiger partial charge in [-0.1, -0.05) is 79.1 Å². The molecule has 0 saturated heterocycles. The van der Waals surface area contributed by atoms with E-state index < -0.39 is 11.9 Å². The first kappa shape index (κ1) is 25.2. The summed E-state index contributed by atoms with van der Waals surface area (Å²) in [5.41, 5.74) is 0. The van der Waals surface area contributed by atoms with Crippen LogP contribution < -0.4 is 0 Å². The van der Waals surface area contributed by atoms with Crippen LogP contribution in [0.4, 0.5) is 0 Å². The molecule has 2 N–H and O–H groups in total. The van der Waals surface area contributed by atoms with Crippen LogP contribution in [0.3, 0.4) is 0 Å². The quantitative estimate of drug-likeness (QED) is 0.371. The van der Waals surface area contributed by atoms with Crippen LogP contribution in [0.1, 0.15) is 105 Å². The molecule has 0 aromatic rings. The molecule has 0 aliphatic rings. The van der Waals surface area contributed by atoms with E-state index >= 15 is 0 Å². The molecule has 24 heavy (non-hydrogen) atoms. The minimum Gasteiger partial charge on any atom is -0.481 e. The molecule has 0 spiro atoms. The highest BCUT2D eigenvalue weighted by Crippen LogP contribution is 2.13. The van der Waals surface area contributed by atoms with Crippen molar-refractivity contribution in [3.63, 3.8) is 0 Å². The molecule has 0 amide bonds. The lowest BCUT2D eigenvalue weighted by Crippen LogP contribution is -1.95. The van der Waals surface area contributed by atoms with Gasteiger partial charge in [0.25, 0.3) is 0 Å². The number of carbonyl (C=O) groups is 2. The monoisotopic (exact) mass is 344 g/mol. The molecule has 0 rings (SSSR count). The number of carboxylic acids is 2. The summed E-state index contributed by atoms with van der Waals surface area (Å²) in [5.74, 6) is 0.265. The van der Waals surface area contributed by atoms with Gasteiger partial charge in [0.15, 0.2) is 0 Å².